The molecular weight excluding hydrogens is 152 g/mol. The van der Waals surface area contributed by atoms with E-state index in [2.05, 4.69) is 33.9 Å². The summed E-state index contributed by atoms with van der Waals surface area (Å²) in [4.78, 5) is 10.2. The Bertz CT molecular complexity index is 133. The molecular formula is C9H20OSi. The lowest BCUT2D eigenvalue weighted by atomic mass is 10.2. The Hall–Kier alpha value is -0.113. The molecule has 11 heavy (non-hydrogen) atoms. The minimum absolute atomic E-state index is 0.427. The first-order valence-corrected chi connectivity index (χ1v) is 7.45. The van der Waals surface area contributed by atoms with Crippen molar-refractivity contribution < 1.29 is 4.79 Å². The highest BCUT2D eigenvalue weighted by Crippen LogP contribution is 2.38. The first-order chi connectivity index (χ1) is 4.81. The zero-order valence-corrected chi connectivity index (χ0v) is 9.40. The molecule has 0 aliphatic carbocycles. The van der Waals surface area contributed by atoms with Crippen molar-refractivity contribution >= 4 is 14.4 Å². The van der Waals surface area contributed by atoms with Gasteiger partial charge < -0.3 is 4.79 Å². The Morgan fingerprint density at radius 2 is 1.73 bits per heavy atom. The predicted octanol–water partition coefficient (Wildman–Crippen LogP) is 3.08. The van der Waals surface area contributed by atoms with Crippen LogP contribution >= 0.6 is 0 Å². The van der Waals surface area contributed by atoms with E-state index < -0.39 is 8.07 Å². The Labute approximate surface area is 71.2 Å². The number of carbonyl (C=O) groups excluding carboxylic acids is 1. The molecule has 0 fully saturated rings. The van der Waals surface area contributed by atoms with Gasteiger partial charge in [0, 0.05) is 6.42 Å². The molecule has 0 N–H and O–H groups in total. The largest absolute Gasteiger partial charge is 0.303 e. The van der Waals surface area contributed by atoms with Gasteiger partial charge in [-0.15, -0.1) is 0 Å². The highest BCUT2D eigenvalue weighted by Gasteiger charge is 2.33. The lowest BCUT2D eigenvalue weighted by Crippen LogP contribution is -2.36. The molecule has 0 bridgehead atoms. The van der Waals surface area contributed by atoms with Gasteiger partial charge in [0.15, 0.2) is 0 Å². The second kappa shape index (κ2) is 3.52. The zero-order valence-electron chi connectivity index (χ0n) is 8.40. The van der Waals surface area contributed by atoms with E-state index in [9.17, 15) is 4.79 Å². The average molecular weight is 172 g/mol. The van der Waals surface area contributed by atoms with Crippen molar-refractivity contribution in [2.45, 2.75) is 51.4 Å². The molecule has 0 spiro atoms. The number of aldehydes is 1. The Morgan fingerprint density at radius 1 is 1.27 bits per heavy atom. The molecule has 1 nitrogen and oxygen atoms in total. The van der Waals surface area contributed by atoms with Crippen molar-refractivity contribution in [3.8, 4) is 0 Å². The van der Waals surface area contributed by atoms with Crippen molar-refractivity contribution in [2.24, 2.45) is 0 Å². The van der Waals surface area contributed by atoms with E-state index in [1.165, 1.54) is 0 Å². The van der Waals surface area contributed by atoms with Crippen LogP contribution in [0.4, 0.5) is 0 Å². The number of rotatable bonds is 3. The predicted molar refractivity (Wildman–Crippen MR) is 52.7 cm³/mol. The van der Waals surface area contributed by atoms with E-state index >= 15 is 0 Å². The summed E-state index contributed by atoms with van der Waals surface area (Å²) in [5, 5.41) is 0.427. The van der Waals surface area contributed by atoms with Gasteiger partial charge in [-0.3, -0.25) is 0 Å². The van der Waals surface area contributed by atoms with Gasteiger partial charge in [0.2, 0.25) is 0 Å². The van der Waals surface area contributed by atoms with Crippen LogP contribution in [0.15, 0.2) is 0 Å². The zero-order chi connectivity index (χ0) is 9.12. The highest BCUT2D eigenvalue weighted by atomic mass is 28.3. The van der Waals surface area contributed by atoms with Crippen LogP contribution in [0.2, 0.25) is 24.2 Å². The third kappa shape index (κ3) is 3.19. The van der Waals surface area contributed by atoms with E-state index in [0.29, 0.717) is 5.04 Å². The van der Waals surface area contributed by atoms with Gasteiger partial charge in [0.25, 0.3) is 0 Å². The first-order valence-electron chi connectivity index (χ1n) is 4.25. The summed E-state index contributed by atoms with van der Waals surface area (Å²) >= 11 is 0. The SMILES string of the molecule is CC(C)(C)[Si](C)(C)CCC=O. The normalized spacial score (nSPS) is 13.2. The van der Waals surface area contributed by atoms with Gasteiger partial charge in [0.05, 0.1) is 8.07 Å². The summed E-state index contributed by atoms with van der Waals surface area (Å²) in [5.41, 5.74) is 0. The smallest absolute Gasteiger partial charge is 0.119 e. The standard InChI is InChI=1S/C9H20OSi/c1-9(2,3)11(4,5)8-6-7-10/h7H,6,8H2,1-5H3. The maximum Gasteiger partial charge on any atom is 0.119 e. The van der Waals surface area contributed by atoms with Gasteiger partial charge >= 0.3 is 0 Å². The summed E-state index contributed by atoms with van der Waals surface area (Å²) in [5.74, 6) is 0. The first kappa shape index (κ1) is 10.9. The van der Waals surface area contributed by atoms with E-state index in [-0.39, 0.29) is 0 Å². The quantitative estimate of drug-likeness (QED) is 0.472. The molecule has 0 aliphatic rings. The average Bonchev–Trinajstić information content (AvgIpc) is 1.81. The van der Waals surface area contributed by atoms with Crippen LogP contribution in [0.5, 0.6) is 0 Å². The fourth-order valence-corrected chi connectivity index (χ4v) is 2.38. The summed E-state index contributed by atoms with van der Waals surface area (Å²) in [6.45, 7) is 11.6. The second-order valence-electron chi connectivity index (χ2n) is 4.84. The minimum atomic E-state index is -1.16. The molecule has 0 unspecified atom stereocenters. The van der Waals surface area contributed by atoms with Gasteiger partial charge in [-0.2, -0.15) is 0 Å². The summed E-state index contributed by atoms with van der Waals surface area (Å²) in [6.07, 6.45) is 1.79. The third-order valence-electron chi connectivity index (χ3n) is 2.92. The molecule has 0 heterocycles. The molecule has 0 aromatic carbocycles. The molecule has 0 rings (SSSR count). The lowest BCUT2D eigenvalue weighted by molar-refractivity contribution is -0.107. The molecule has 2 heteroatoms. The molecule has 0 aromatic heterocycles. The fourth-order valence-electron chi connectivity index (χ4n) is 0.795. The van der Waals surface area contributed by atoms with E-state index in [4.69, 9.17) is 0 Å². The highest BCUT2D eigenvalue weighted by molar-refractivity contribution is 6.80. The van der Waals surface area contributed by atoms with Gasteiger partial charge in [-0.1, -0.05) is 39.9 Å². The van der Waals surface area contributed by atoms with Crippen molar-refractivity contribution in [2.75, 3.05) is 0 Å². The van der Waals surface area contributed by atoms with Crippen molar-refractivity contribution in [1.29, 1.82) is 0 Å². The number of carbonyl (C=O) groups is 1. The van der Waals surface area contributed by atoms with Crippen molar-refractivity contribution in [3.63, 3.8) is 0 Å². The van der Waals surface area contributed by atoms with Crippen LogP contribution in [0.1, 0.15) is 27.2 Å². The Kier molecular flexibility index (Phi) is 3.49. The van der Waals surface area contributed by atoms with E-state index in [0.717, 1.165) is 18.8 Å². The van der Waals surface area contributed by atoms with Gasteiger partial charge in [-0.05, 0) is 5.04 Å². The molecule has 0 radical (unpaired) electrons. The minimum Gasteiger partial charge on any atom is -0.303 e. The maximum absolute atomic E-state index is 10.2. The Balaban J connectivity index is 4.10. The second-order valence-corrected chi connectivity index (χ2v) is 10.6. The molecule has 0 aliphatic heterocycles. The van der Waals surface area contributed by atoms with Crippen LogP contribution in [0, 0.1) is 0 Å². The van der Waals surface area contributed by atoms with Gasteiger partial charge in [-0.25, -0.2) is 0 Å². The van der Waals surface area contributed by atoms with Crippen LogP contribution in [0.3, 0.4) is 0 Å². The summed E-state index contributed by atoms with van der Waals surface area (Å²) in [7, 11) is -1.16. The number of hydrogen-bond donors (Lipinski definition) is 0. The fraction of sp³-hybridized carbons (Fsp3) is 0.889. The molecule has 0 atom stereocenters. The molecule has 0 aromatic rings. The van der Waals surface area contributed by atoms with E-state index in [1.54, 1.807) is 0 Å². The van der Waals surface area contributed by atoms with Gasteiger partial charge in [0.1, 0.15) is 6.29 Å². The molecule has 66 valence electrons. The Morgan fingerprint density at radius 3 is 2.00 bits per heavy atom. The van der Waals surface area contributed by atoms with Crippen LogP contribution < -0.4 is 0 Å². The number of hydrogen-bond acceptors (Lipinski definition) is 1. The molecule has 0 amide bonds. The maximum atomic E-state index is 10.2. The van der Waals surface area contributed by atoms with Crippen LogP contribution in [-0.4, -0.2) is 14.4 Å². The lowest BCUT2D eigenvalue weighted by Gasteiger charge is -2.36. The van der Waals surface area contributed by atoms with Crippen molar-refractivity contribution in [3.05, 3.63) is 0 Å². The monoisotopic (exact) mass is 172 g/mol. The van der Waals surface area contributed by atoms with E-state index in [1.807, 2.05) is 0 Å². The van der Waals surface area contributed by atoms with Crippen LogP contribution in [0.25, 0.3) is 0 Å². The van der Waals surface area contributed by atoms with Crippen molar-refractivity contribution in [1.82, 2.24) is 0 Å². The summed E-state index contributed by atoms with van der Waals surface area (Å²) < 4.78 is 0. The third-order valence-corrected chi connectivity index (χ3v) is 8.52. The topological polar surface area (TPSA) is 17.1 Å². The van der Waals surface area contributed by atoms with Crippen LogP contribution in [-0.2, 0) is 4.79 Å². The molecule has 0 saturated heterocycles. The molecule has 0 saturated carbocycles. The summed E-state index contributed by atoms with van der Waals surface area (Å²) in [6, 6.07) is 1.12.